The number of unbranched alkanes of at least 4 members (excludes halogenated alkanes) is 2. The highest BCUT2D eigenvalue weighted by Crippen LogP contribution is 2.40. The number of aryl methyl sites for hydroxylation is 1. The minimum atomic E-state index is -0.720. The molecular weight excluding hydrogens is 482 g/mol. The van der Waals surface area contributed by atoms with E-state index < -0.39 is 17.7 Å². The minimum Gasteiger partial charge on any atom is -0.507 e. The molecule has 1 saturated heterocycles. The molecule has 4 rings (SSSR count). The lowest BCUT2D eigenvalue weighted by Gasteiger charge is -2.25. The quantitative estimate of drug-likeness (QED) is 0.142. The fourth-order valence-corrected chi connectivity index (χ4v) is 4.64. The van der Waals surface area contributed by atoms with E-state index in [0.29, 0.717) is 44.0 Å². The number of benzene rings is 2. The van der Waals surface area contributed by atoms with Gasteiger partial charge < -0.3 is 24.0 Å². The summed E-state index contributed by atoms with van der Waals surface area (Å²) in [4.78, 5) is 32.1. The summed E-state index contributed by atoms with van der Waals surface area (Å²) >= 11 is 0. The summed E-state index contributed by atoms with van der Waals surface area (Å²) in [5, 5.41) is 11.3. The topological polar surface area (TPSA) is 93.9 Å². The number of ether oxygens (including phenoxy) is 2. The van der Waals surface area contributed by atoms with Crippen molar-refractivity contribution >= 4 is 17.4 Å². The van der Waals surface area contributed by atoms with Crippen LogP contribution in [0.5, 0.6) is 11.5 Å². The van der Waals surface area contributed by atoms with Crippen molar-refractivity contribution in [1.29, 1.82) is 0 Å². The number of carbonyl (C=O) groups is 2. The number of ketones is 1. The van der Waals surface area contributed by atoms with Gasteiger partial charge in [-0.05, 0) is 49.6 Å². The number of hydrogen-bond acceptors (Lipinski definition) is 6. The van der Waals surface area contributed by atoms with Gasteiger partial charge in [0.25, 0.3) is 11.7 Å². The number of rotatable bonds is 13. The van der Waals surface area contributed by atoms with E-state index in [-0.39, 0.29) is 11.3 Å². The molecule has 1 aliphatic rings. The molecule has 0 aliphatic carbocycles. The van der Waals surface area contributed by atoms with Crippen molar-refractivity contribution in [2.75, 3.05) is 19.8 Å². The van der Waals surface area contributed by atoms with Crippen LogP contribution < -0.4 is 9.47 Å². The van der Waals surface area contributed by atoms with Crippen molar-refractivity contribution in [2.45, 2.75) is 52.1 Å². The van der Waals surface area contributed by atoms with Gasteiger partial charge >= 0.3 is 0 Å². The second kappa shape index (κ2) is 12.9. The van der Waals surface area contributed by atoms with E-state index in [0.717, 1.165) is 30.6 Å². The standard InChI is InChI=1S/C30H35N3O5/c1-3-5-6-19-38-24-13-11-22(12-14-24)27-26(28(34)23-9-7-10-25(20-23)37-4-2)29(35)30(36)33(27)17-8-16-32-18-15-31-21-32/h7,9-15,18,20-21,27,34H,3-6,8,16-17,19H2,1-2H3. The number of likely N-dealkylation sites (tertiary alicyclic amines) is 1. The summed E-state index contributed by atoms with van der Waals surface area (Å²) in [7, 11) is 0. The molecular formula is C30H35N3O5. The zero-order valence-corrected chi connectivity index (χ0v) is 22.0. The van der Waals surface area contributed by atoms with Crippen molar-refractivity contribution in [2.24, 2.45) is 0 Å². The second-order valence-electron chi connectivity index (χ2n) is 9.23. The van der Waals surface area contributed by atoms with E-state index in [4.69, 9.17) is 9.47 Å². The Morgan fingerprint density at radius 2 is 1.79 bits per heavy atom. The van der Waals surface area contributed by atoms with E-state index in [9.17, 15) is 14.7 Å². The van der Waals surface area contributed by atoms with Crippen LogP contribution in [0.2, 0.25) is 0 Å². The van der Waals surface area contributed by atoms with Crippen LogP contribution in [0.15, 0.2) is 72.8 Å². The monoisotopic (exact) mass is 517 g/mol. The highest BCUT2D eigenvalue weighted by molar-refractivity contribution is 6.46. The molecule has 1 N–H and O–H groups in total. The van der Waals surface area contributed by atoms with Crippen LogP contribution in [-0.2, 0) is 16.1 Å². The molecule has 2 aromatic carbocycles. The minimum absolute atomic E-state index is 0.0721. The number of amides is 1. The lowest BCUT2D eigenvalue weighted by molar-refractivity contribution is -0.139. The Bertz CT molecular complexity index is 1250. The third-order valence-electron chi connectivity index (χ3n) is 6.55. The van der Waals surface area contributed by atoms with Gasteiger partial charge in [-0.2, -0.15) is 0 Å². The van der Waals surface area contributed by atoms with Crippen molar-refractivity contribution in [1.82, 2.24) is 14.5 Å². The van der Waals surface area contributed by atoms with Crippen LogP contribution in [0.1, 0.15) is 56.7 Å². The van der Waals surface area contributed by atoms with E-state index in [1.807, 2.05) is 42.0 Å². The molecule has 1 fully saturated rings. The zero-order valence-electron chi connectivity index (χ0n) is 22.0. The lowest BCUT2D eigenvalue weighted by Crippen LogP contribution is -2.31. The van der Waals surface area contributed by atoms with Crippen LogP contribution in [0, 0.1) is 0 Å². The molecule has 0 radical (unpaired) electrons. The second-order valence-corrected chi connectivity index (χ2v) is 9.23. The van der Waals surface area contributed by atoms with Crippen molar-refractivity contribution in [3.63, 3.8) is 0 Å². The summed E-state index contributed by atoms with van der Waals surface area (Å²) in [6.45, 7) is 6.12. The van der Waals surface area contributed by atoms with Gasteiger partial charge in [-0.1, -0.05) is 44.0 Å². The largest absolute Gasteiger partial charge is 0.507 e. The Kier molecular flexibility index (Phi) is 9.19. The number of aliphatic hydroxyl groups is 1. The van der Waals surface area contributed by atoms with Gasteiger partial charge in [0.05, 0.1) is 31.2 Å². The molecule has 8 heteroatoms. The molecule has 38 heavy (non-hydrogen) atoms. The van der Waals surface area contributed by atoms with Gasteiger partial charge in [0.15, 0.2) is 0 Å². The van der Waals surface area contributed by atoms with Crippen LogP contribution in [0.3, 0.4) is 0 Å². The maximum atomic E-state index is 13.3. The summed E-state index contributed by atoms with van der Waals surface area (Å²) in [6.07, 6.45) is 9.11. The normalized spacial score (nSPS) is 16.7. The van der Waals surface area contributed by atoms with Crippen molar-refractivity contribution < 1.29 is 24.2 Å². The molecule has 1 atom stereocenters. The van der Waals surface area contributed by atoms with Gasteiger partial charge in [-0.3, -0.25) is 9.59 Å². The van der Waals surface area contributed by atoms with Crippen molar-refractivity contribution in [3.8, 4) is 11.5 Å². The Hall–Kier alpha value is -4.07. The molecule has 1 amide bonds. The number of aliphatic hydroxyl groups excluding tert-OH is 1. The van der Waals surface area contributed by atoms with E-state index in [2.05, 4.69) is 11.9 Å². The van der Waals surface area contributed by atoms with Gasteiger partial charge in [-0.25, -0.2) is 4.98 Å². The van der Waals surface area contributed by atoms with Gasteiger partial charge in [0.1, 0.15) is 17.3 Å². The summed E-state index contributed by atoms with van der Waals surface area (Å²) in [5.41, 5.74) is 1.23. The Morgan fingerprint density at radius 3 is 2.50 bits per heavy atom. The summed E-state index contributed by atoms with van der Waals surface area (Å²) in [5.74, 6) is -0.231. The van der Waals surface area contributed by atoms with E-state index >= 15 is 0 Å². The Balaban J connectivity index is 1.66. The molecule has 0 spiro atoms. The smallest absolute Gasteiger partial charge is 0.295 e. The third kappa shape index (κ3) is 6.25. The first-order chi connectivity index (χ1) is 18.5. The lowest BCUT2D eigenvalue weighted by atomic mass is 9.95. The average Bonchev–Trinajstić information content (AvgIpc) is 3.54. The maximum Gasteiger partial charge on any atom is 0.295 e. The number of Topliss-reactive ketones (excluding diaryl/α,β-unsaturated/α-hetero) is 1. The molecule has 0 bridgehead atoms. The predicted octanol–water partition coefficient (Wildman–Crippen LogP) is 5.36. The number of carbonyl (C=O) groups excluding carboxylic acids is 2. The molecule has 8 nitrogen and oxygen atoms in total. The first kappa shape index (κ1) is 27.0. The Morgan fingerprint density at radius 1 is 0.974 bits per heavy atom. The maximum absolute atomic E-state index is 13.3. The number of imidazole rings is 1. The fourth-order valence-electron chi connectivity index (χ4n) is 4.64. The zero-order chi connectivity index (χ0) is 26.9. The number of nitrogens with zero attached hydrogens (tertiary/aromatic N) is 3. The van der Waals surface area contributed by atoms with Gasteiger partial charge in [0.2, 0.25) is 0 Å². The first-order valence-electron chi connectivity index (χ1n) is 13.2. The van der Waals surface area contributed by atoms with Crippen LogP contribution in [0.4, 0.5) is 0 Å². The first-order valence-corrected chi connectivity index (χ1v) is 13.2. The molecule has 0 saturated carbocycles. The van der Waals surface area contributed by atoms with Crippen LogP contribution in [-0.4, -0.2) is 51.0 Å². The molecule has 1 aliphatic heterocycles. The predicted molar refractivity (Wildman–Crippen MR) is 145 cm³/mol. The Labute approximate surface area is 223 Å². The SMILES string of the molecule is CCCCCOc1ccc(C2C(=C(O)c3cccc(OCC)c3)C(=O)C(=O)N2CCCn2ccnc2)cc1. The third-order valence-corrected chi connectivity index (χ3v) is 6.55. The summed E-state index contributed by atoms with van der Waals surface area (Å²) < 4.78 is 13.3. The molecule has 200 valence electrons. The number of hydrogen-bond donors (Lipinski definition) is 1. The fraction of sp³-hybridized carbons (Fsp3) is 0.367. The number of aromatic nitrogens is 2. The van der Waals surface area contributed by atoms with Gasteiger partial charge in [0, 0.05) is 31.0 Å². The van der Waals surface area contributed by atoms with E-state index in [1.165, 1.54) is 0 Å². The molecule has 3 aromatic rings. The summed E-state index contributed by atoms with van der Waals surface area (Å²) in [6, 6.07) is 13.6. The molecule has 1 unspecified atom stereocenters. The highest BCUT2D eigenvalue weighted by atomic mass is 16.5. The van der Waals surface area contributed by atoms with Gasteiger partial charge in [-0.15, -0.1) is 0 Å². The average molecular weight is 518 g/mol. The van der Waals surface area contributed by atoms with Crippen molar-refractivity contribution in [3.05, 3.63) is 84.0 Å². The van der Waals surface area contributed by atoms with E-state index in [1.54, 1.807) is 41.7 Å². The van der Waals surface area contributed by atoms with Crippen LogP contribution in [0.25, 0.3) is 5.76 Å². The highest BCUT2D eigenvalue weighted by Gasteiger charge is 2.45. The molecule has 1 aromatic heterocycles. The molecule has 2 heterocycles. The van der Waals surface area contributed by atoms with Crippen LogP contribution >= 0.6 is 0 Å².